The first-order chi connectivity index (χ1) is 23.1. The lowest BCUT2D eigenvalue weighted by atomic mass is 9.69. The highest BCUT2D eigenvalue weighted by atomic mass is 16.5. The van der Waals surface area contributed by atoms with Crippen molar-refractivity contribution in [2.24, 2.45) is 0 Å². The molecule has 2 aliphatic rings. The minimum Gasteiger partial charge on any atom is -0.497 e. The normalized spacial score (nSPS) is 15.2. The number of fused-ring (bicyclic) bond motifs is 3. The van der Waals surface area contributed by atoms with Crippen LogP contribution in [0.2, 0.25) is 0 Å². The Morgan fingerprint density at radius 2 is 1.19 bits per heavy atom. The monoisotopic (exact) mass is 627 g/mol. The predicted molar refractivity (Wildman–Crippen MR) is 185 cm³/mol. The lowest BCUT2D eigenvalue weighted by Gasteiger charge is -2.34. The molecule has 0 unspecified atom stereocenters. The Balaban J connectivity index is 0.000000491. The molecular weight excluding hydrogens is 586 g/mol. The van der Waals surface area contributed by atoms with E-state index in [2.05, 4.69) is 41.7 Å². The van der Waals surface area contributed by atoms with Crippen LogP contribution in [0.15, 0.2) is 127 Å². The van der Waals surface area contributed by atoms with Crippen LogP contribution in [-0.2, 0) is 14.9 Å². The Hall–Kier alpha value is -4.91. The summed E-state index contributed by atoms with van der Waals surface area (Å²) < 4.78 is 17.2. The smallest absolute Gasteiger partial charge is 0.325 e. The molecular formula is C41H41NO5. The maximum Gasteiger partial charge on any atom is 0.325 e. The van der Waals surface area contributed by atoms with Gasteiger partial charge in [0.15, 0.2) is 0 Å². The first kappa shape index (κ1) is 32.0. The van der Waals surface area contributed by atoms with Crippen LogP contribution in [0.1, 0.15) is 46.6 Å². The maximum atomic E-state index is 14.7. The van der Waals surface area contributed by atoms with E-state index in [9.17, 15) is 4.79 Å². The minimum absolute atomic E-state index is 0.0449. The molecule has 0 radical (unpaired) electrons. The third-order valence-corrected chi connectivity index (χ3v) is 9.29. The molecule has 6 nitrogen and oxygen atoms in total. The van der Waals surface area contributed by atoms with Gasteiger partial charge in [0.2, 0.25) is 0 Å². The number of nitrogens with one attached hydrogen (secondary N) is 1. The van der Waals surface area contributed by atoms with Crippen LogP contribution in [-0.4, -0.2) is 51.1 Å². The second-order valence-electron chi connectivity index (χ2n) is 11.9. The lowest BCUT2D eigenvalue weighted by Crippen LogP contribution is -2.40. The number of aliphatic hydroxyl groups excluding tert-OH is 1. The molecule has 2 N–H and O–H groups in total. The van der Waals surface area contributed by atoms with E-state index in [0.29, 0.717) is 24.1 Å². The number of hydrogen-bond donors (Lipinski definition) is 2. The Morgan fingerprint density at radius 3 is 1.64 bits per heavy atom. The molecule has 0 aromatic heterocycles. The zero-order chi connectivity index (χ0) is 32.6. The highest BCUT2D eigenvalue weighted by Gasteiger charge is 2.46. The van der Waals surface area contributed by atoms with E-state index in [1.54, 1.807) is 14.2 Å². The number of methoxy groups -OCH3 is 2. The van der Waals surface area contributed by atoms with Gasteiger partial charge in [-0.25, -0.2) is 0 Å². The molecule has 1 aliphatic heterocycles. The maximum absolute atomic E-state index is 14.7. The van der Waals surface area contributed by atoms with Crippen molar-refractivity contribution < 1.29 is 24.1 Å². The largest absolute Gasteiger partial charge is 0.497 e. The number of carbonyl (C=O) groups is 1. The second kappa shape index (κ2) is 14.7. The van der Waals surface area contributed by atoms with Gasteiger partial charge in [-0.15, -0.1) is 0 Å². The summed E-state index contributed by atoms with van der Waals surface area (Å²) >= 11 is 0. The number of rotatable bonds is 9. The molecule has 1 heterocycles. The average molecular weight is 628 g/mol. The zero-order valence-corrected chi connectivity index (χ0v) is 26.9. The SMILES string of the molecule is COc1ccc(C(C(=O)OCC2c3ccccc3-c3ccccc32)(c2ccccc2)c2ccc(OC)cc2)cc1.OC[C@@H]1CCCN1. The van der Waals surface area contributed by atoms with Crippen LogP contribution in [0.25, 0.3) is 11.1 Å². The lowest BCUT2D eigenvalue weighted by molar-refractivity contribution is -0.147. The molecule has 0 spiro atoms. The summed E-state index contributed by atoms with van der Waals surface area (Å²) in [6, 6.07) is 42.3. The summed E-state index contributed by atoms with van der Waals surface area (Å²) in [5.41, 5.74) is 5.94. The van der Waals surface area contributed by atoms with Crippen molar-refractivity contribution in [3.8, 4) is 22.6 Å². The van der Waals surface area contributed by atoms with Gasteiger partial charge in [-0.05, 0) is 82.6 Å². The molecule has 0 bridgehead atoms. The van der Waals surface area contributed by atoms with Crippen LogP contribution >= 0.6 is 0 Å². The highest BCUT2D eigenvalue weighted by Crippen LogP contribution is 2.46. The zero-order valence-electron chi connectivity index (χ0n) is 26.9. The van der Waals surface area contributed by atoms with Crippen molar-refractivity contribution >= 4 is 5.97 Å². The van der Waals surface area contributed by atoms with Gasteiger partial charge >= 0.3 is 5.97 Å². The summed E-state index contributed by atoms with van der Waals surface area (Å²) in [5.74, 6) is 1.05. The van der Waals surface area contributed by atoms with Crippen molar-refractivity contribution in [1.29, 1.82) is 0 Å². The van der Waals surface area contributed by atoms with Crippen molar-refractivity contribution in [1.82, 2.24) is 5.32 Å². The molecule has 240 valence electrons. The molecule has 5 aromatic rings. The average Bonchev–Trinajstić information content (AvgIpc) is 3.79. The van der Waals surface area contributed by atoms with E-state index in [1.807, 2.05) is 91.0 Å². The van der Waals surface area contributed by atoms with Gasteiger partial charge in [0.05, 0.1) is 20.8 Å². The van der Waals surface area contributed by atoms with E-state index >= 15 is 0 Å². The van der Waals surface area contributed by atoms with E-state index < -0.39 is 5.41 Å². The molecule has 1 fully saturated rings. The van der Waals surface area contributed by atoms with Gasteiger partial charge in [0, 0.05) is 12.0 Å². The Bertz CT molecular complexity index is 1670. The first-order valence-corrected chi connectivity index (χ1v) is 16.1. The van der Waals surface area contributed by atoms with Crippen LogP contribution < -0.4 is 14.8 Å². The number of esters is 1. The van der Waals surface area contributed by atoms with Gasteiger partial charge in [-0.2, -0.15) is 0 Å². The van der Waals surface area contributed by atoms with Crippen molar-refractivity contribution in [2.45, 2.75) is 30.2 Å². The molecule has 5 aromatic carbocycles. The topological polar surface area (TPSA) is 77.0 Å². The van der Waals surface area contributed by atoms with Crippen LogP contribution in [0.5, 0.6) is 11.5 Å². The van der Waals surface area contributed by atoms with Crippen molar-refractivity contribution in [2.75, 3.05) is 34.0 Å². The number of hydrogen-bond acceptors (Lipinski definition) is 6. The molecule has 47 heavy (non-hydrogen) atoms. The summed E-state index contributed by atoms with van der Waals surface area (Å²) in [6.07, 6.45) is 2.38. The van der Waals surface area contributed by atoms with Gasteiger partial charge in [-0.1, -0.05) is 103 Å². The summed E-state index contributed by atoms with van der Waals surface area (Å²) in [6.45, 7) is 1.62. The van der Waals surface area contributed by atoms with Crippen LogP contribution in [0.4, 0.5) is 0 Å². The van der Waals surface area contributed by atoms with Gasteiger partial charge in [0.1, 0.15) is 23.5 Å². The molecule has 0 amide bonds. The van der Waals surface area contributed by atoms with Crippen LogP contribution in [0.3, 0.4) is 0 Å². The molecule has 7 rings (SSSR count). The summed E-state index contributed by atoms with van der Waals surface area (Å²) in [7, 11) is 3.27. The summed E-state index contributed by atoms with van der Waals surface area (Å²) in [4.78, 5) is 14.7. The quantitative estimate of drug-likeness (QED) is 0.134. The van der Waals surface area contributed by atoms with E-state index in [0.717, 1.165) is 29.7 Å². The predicted octanol–water partition coefficient (Wildman–Crippen LogP) is 7.12. The number of carbonyl (C=O) groups excluding carboxylic acids is 1. The number of benzene rings is 5. The Kier molecular flexibility index (Phi) is 10.0. The fraction of sp³-hybridized carbons (Fsp3) is 0.244. The van der Waals surface area contributed by atoms with Gasteiger partial charge < -0.3 is 24.6 Å². The first-order valence-electron chi connectivity index (χ1n) is 16.1. The van der Waals surface area contributed by atoms with Gasteiger partial charge in [-0.3, -0.25) is 4.79 Å². The molecule has 0 saturated carbocycles. The Morgan fingerprint density at radius 1 is 0.702 bits per heavy atom. The third-order valence-electron chi connectivity index (χ3n) is 9.29. The van der Waals surface area contributed by atoms with Crippen molar-refractivity contribution in [3.63, 3.8) is 0 Å². The molecule has 6 heteroatoms. The fourth-order valence-electron chi connectivity index (χ4n) is 6.84. The molecule has 1 atom stereocenters. The second-order valence-corrected chi connectivity index (χ2v) is 11.9. The van der Waals surface area contributed by atoms with Crippen LogP contribution in [0, 0.1) is 0 Å². The van der Waals surface area contributed by atoms with E-state index in [4.69, 9.17) is 19.3 Å². The standard InChI is InChI=1S/C36H30O4.C5H11NO/c1-38-28-20-16-26(17-21-28)36(25-10-4-3-5-11-25,27-18-22-29(39-2)23-19-27)35(37)40-24-34-32-14-8-6-12-30(32)31-13-7-9-15-33(31)34;7-4-5-2-1-3-6-5/h3-23,34H,24H2,1-2H3;5-7H,1-4H2/t;5-/m.0/s1. The van der Waals surface area contributed by atoms with E-state index in [1.165, 1.54) is 28.7 Å². The fourth-order valence-corrected chi connectivity index (χ4v) is 6.84. The van der Waals surface area contributed by atoms with E-state index in [-0.39, 0.29) is 18.5 Å². The minimum atomic E-state index is -1.21. The Labute approximate surface area is 277 Å². The molecule has 1 saturated heterocycles. The summed E-state index contributed by atoms with van der Waals surface area (Å²) in [5, 5.41) is 11.7. The van der Waals surface area contributed by atoms with Gasteiger partial charge in [0.25, 0.3) is 0 Å². The highest BCUT2D eigenvalue weighted by molar-refractivity contribution is 5.92. The molecule has 1 aliphatic carbocycles. The number of ether oxygens (including phenoxy) is 3. The third kappa shape index (κ3) is 6.39. The van der Waals surface area contributed by atoms with Crippen molar-refractivity contribution in [3.05, 3.63) is 155 Å². The number of aliphatic hydroxyl groups is 1.